The van der Waals surface area contributed by atoms with Crippen LogP contribution in [0.15, 0.2) is 60.3 Å². The molecule has 5 N–H and O–H groups in total. The van der Waals surface area contributed by atoms with Crippen LogP contribution in [0.3, 0.4) is 0 Å². The summed E-state index contributed by atoms with van der Waals surface area (Å²) < 4.78 is 0. The van der Waals surface area contributed by atoms with E-state index in [1.165, 1.54) is 37.3 Å². The smallest absolute Gasteiger partial charge is 0.277 e. The molecule has 0 spiro atoms. The minimum atomic E-state index is -0.879. The molecule has 0 saturated carbocycles. The quantitative estimate of drug-likeness (QED) is 0.427. The second-order valence-corrected chi connectivity index (χ2v) is 5.48. The van der Waals surface area contributed by atoms with E-state index in [1.54, 1.807) is 24.3 Å². The Labute approximate surface area is 155 Å². The summed E-state index contributed by atoms with van der Waals surface area (Å²) in [5, 5.41) is 11.6. The van der Waals surface area contributed by atoms with E-state index >= 15 is 0 Å². The van der Waals surface area contributed by atoms with Gasteiger partial charge in [-0.2, -0.15) is 5.26 Å². The average molecular weight is 363 g/mol. The van der Waals surface area contributed by atoms with Crippen LogP contribution in [-0.4, -0.2) is 17.7 Å². The van der Waals surface area contributed by atoms with Gasteiger partial charge in [0.15, 0.2) is 0 Å². The molecule has 0 aliphatic rings. The molecule has 0 aliphatic carbocycles. The van der Waals surface area contributed by atoms with E-state index < -0.39 is 23.3 Å². The Hall–Kier alpha value is -4.12. The number of nitrogen functional groups attached to an aromatic ring is 2. The minimum Gasteiger partial charge on any atom is -0.399 e. The number of amides is 3. The number of nitrogens with zero attached hydrogens (tertiary/aromatic N) is 2. The molecule has 8 nitrogen and oxygen atoms in total. The highest BCUT2D eigenvalue weighted by Crippen LogP contribution is 2.19. The Kier molecular flexibility index (Phi) is 5.91. The number of nitrogens with two attached hydrogens (primary N) is 2. The summed E-state index contributed by atoms with van der Waals surface area (Å²) in [5.74, 6) is -2.06. The zero-order chi connectivity index (χ0) is 20.0. The number of carbonyl (C=O) groups is 3. The van der Waals surface area contributed by atoms with E-state index in [1.807, 2.05) is 0 Å². The molecule has 0 radical (unpaired) electrons. The Morgan fingerprint density at radius 2 is 1.70 bits per heavy atom. The largest absolute Gasteiger partial charge is 0.399 e. The molecule has 27 heavy (non-hydrogen) atoms. The van der Waals surface area contributed by atoms with Crippen molar-refractivity contribution in [1.29, 1.82) is 5.26 Å². The van der Waals surface area contributed by atoms with Gasteiger partial charge >= 0.3 is 0 Å². The first kappa shape index (κ1) is 19.2. The van der Waals surface area contributed by atoms with Gasteiger partial charge in [-0.3, -0.25) is 14.4 Å². The van der Waals surface area contributed by atoms with Gasteiger partial charge in [-0.15, -0.1) is 0 Å². The van der Waals surface area contributed by atoms with Crippen LogP contribution in [0.1, 0.15) is 17.3 Å². The number of nitriles is 1. The molecule has 0 fully saturated rings. The molecule has 0 aliphatic heterocycles. The van der Waals surface area contributed by atoms with Crippen molar-refractivity contribution in [3.63, 3.8) is 0 Å². The molecule has 0 bridgehead atoms. The summed E-state index contributed by atoms with van der Waals surface area (Å²) in [7, 11) is 0. The fraction of sp³-hybridized carbons (Fsp3) is 0.0526. The monoisotopic (exact) mass is 363 g/mol. The molecule has 136 valence electrons. The van der Waals surface area contributed by atoms with Crippen molar-refractivity contribution >= 4 is 34.8 Å². The predicted octanol–water partition coefficient (Wildman–Crippen LogP) is 1.57. The minimum absolute atomic E-state index is 0.195. The Morgan fingerprint density at radius 3 is 2.26 bits per heavy atom. The van der Waals surface area contributed by atoms with Crippen molar-refractivity contribution in [2.45, 2.75) is 6.92 Å². The lowest BCUT2D eigenvalue weighted by Gasteiger charge is -2.19. The fourth-order valence-electron chi connectivity index (χ4n) is 2.25. The topological polar surface area (TPSA) is 142 Å². The van der Waals surface area contributed by atoms with Crippen LogP contribution in [0.5, 0.6) is 0 Å². The van der Waals surface area contributed by atoms with Crippen LogP contribution in [0.4, 0.5) is 17.1 Å². The highest BCUT2D eigenvalue weighted by Gasteiger charge is 2.24. The van der Waals surface area contributed by atoms with Gasteiger partial charge in [0, 0.05) is 24.5 Å². The molecular formula is C19H17N5O3. The predicted molar refractivity (Wildman–Crippen MR) is 101 cm³/mol. The van der Waals surface area contributed by atoms with Crippen LogP contribution < -0.4 is 21.7 Å². The molecule has 0 aromatic heterocycles. The molecule has 0 atom stereocenters. The SMILES string of the molecule is CC(=O)N(C(=O)/C(C#N)=C\NC(=O)c1ccccc1N)c1ccc(N)cc1. The van der Waals surface area contributed by atoms with Gasteiger partial charge in [-0.25, -0.2) is 4.90 Å². The van der Waals surface area contributed by atoms with Crippen molar-refractivity contribution in [2.24, 2.45) is 0 Å². The van der Waals surface area contributed by atoms with E-state index in [2.05, 4.69) is 5.32 Å². The summed E-state index contributed by atoms with van der Waals surface area (Å²) in [6, 6.07) is 14.0. The summed E-state index contributed by atoms with van der Waals surface area (Å²) in [4.78, 5) is 37.5. The number of hydrogen-bond donors (Lipinski definition) is 3. The van der Waals surface area contributed by atoms with Crippen LogP contribution in [0.2, 0.25) is 0 Å². The second-order valence-electron chi connectivity index (χ2n) is 5.48. The number of carbonyl (C=O) groups excluding carboxylic acids is 3. The third-order valence-electron chi connectivity index (χ3n) is 3.57. The normalized spacial score (nSPS) is 10.6. The van der Waals surface area contributed by atoms with Gasteiger partial charge in [-0.1, -0.05) is 12.1 Å². The number of anilines is 3. The first-order valence-corrected chi connectivity index (χ1v) is 7.81. The maximum absolute atomic E-state index is 12.6. The Balaban J connectivity index is 2.27. The zero-order valence-corrected chi connectivity index (χ0v) is 14.5. The maximum Gasteiger partial charge on any atom is 0.277 e. The molecule has 8 heteroatoms. The van der Waals surface area contributed by atoms with Crippen molar-refractivity contribution in [1.82, 2.24) is 5.32 Å². The Morgan fingerprint density at radius 1 is 1.07 bits per heavy atom. The third kappa shape index (κ3) is 4.49. The van der Waals surface area contributed by atoms with E-state index in [-0.39, 0.29) is 16.9 Å². The zero-order valence-electron chi connectivity index (χ0n) is 14.5. The lowest BCUT2D eigenvalue weighted by Crippen LogP contribution is -2.36. The summed E-state index contributed by atoms with van der Waals surface area (Å²) in [6.07, 6.45) is 0.949. The molecule has 2 aromatic carbocycles. The number of para-hydroxylation sites is 1. The lowest BCUT2D eigenvalue weighted by atomic mass is 10.1. The number of rotatable bonds is 4. The van der Waals surface area contributed by atoms with Gasteiger partial charge < -0.3 is 16.8 Å². The third-order valence-corrected chi connectivity index (χ3v) is 3.57. The molecule has 0 unspecified atom stereocenters. The van der Waals surface area contributed by atoms with Crippen molar-refractivity contribution in [2.75, 3.05) is 16.4 Å². The first-order valence-electron chi connectivity index (χ1n) is 7.81. The summed E-state index contributed by atoms with van der Waals surface area (Å²) in [5.41, 5.74) is 12.1. The highest BCUT2D eigenvalue weighted by atomic mass is 16.2. The van der Waals surface area contributed by atoms with Crippen molar-refractivity contribution < 1.29 is 14.4 Å². The molecule has 2 rings (SSSR count). The van der Waals surface area contributed by atoms with Crippen molar-refractivity contribution in [3.05, 3.63) is 65.9 Å². The highest BCUT2D eigenvalue weighted by molar-refractivity contribution is 6.21. The first-order chi connectivity index (χ1) is 12.8. The number of imide groups is 1. The van der Waals surface area contributed by atoms with Gasteiger partial charge in [-0.05, 0) is 36.4 Å². The van der Waals surface area contributed by atoms with Crippen LogP contribution in [0, 0.1) is 11.3 Å². The van der Waals surface area contributed by atoms with Crippen LogP contribution >= 0.6 is 0 Å². The molecule has 0 saturated heterocycles. The van der Waals surface area contributed by atoms with E-state index in [4.69, 9.17) is 11.5 Å². The lowest BCUT2D eigenvalue weighted by molar-refractivity contribution is -0.123. The fourth-order valence-corrected chi connectivity index (χ4v) is 2.25. The number of hydrogen-bond acceptors (Lipinski definition) is 6. The molecular weight excluding hydrogens is 346 g/mol. The van der Waals surface area contributed by atoms with Crippen LogP contribution in [-0.2, 0) is 9.59 Å². The van der Waals surface area contributed by atoms with E-state index in [9.17, 15) is 19.6 Å². The Bertz CT molecular complexity index is 958. The van der Waals surface area contributed by atoms with Gasteiger partial charge in [0.25, 0.3) is 11.8 Å². The molecule has 0 heterocycles. The summed E-state index contributed by atoms with van der Waals surface area (Å²) >= 11 is 0. The second kappa shape index (κ2) is 8.31. The van der Waals surface area contributed by atoms with E-state index in [0.717, 1.165) is 11.1 Å². The van der Waals surface area contributed by atoms with Gasteiger partial charge in [0.2, 0.25) is 5.91 Å². The average Bonchev–Trinajstić information content (AvgIpc) is 2.64. The van der Waals surface area contributed by atoms with Gasteiger partial charge in [0.05, 0.1) is 11.3 Å². The maximum atomic E-state index is 12.6. The summed E-state index contributed by atoms with van der Waals surface area (Å²) in [6.45, 7) is 1.19. The molecule has 3 amide bonds. The standard InChI is InChI=1S/C19H17N5O3/c1-12(25)24(15-8-6-14(21)7-9-15)19(27)13(10-20)11-23-18(26)16-4-2-3-5-17(16)22/h2-9,11H,21-22H2,1H3,(H,23,26)/b13-11-. The van der Waals surface area contributed by atoms with E-state index in [0.29, 0.717) is 5.69 Å². The van der Waals surface area contributed by atoms with Gasteiger partial charge in [0.1, 0.15) is 11.6 Å². The molecule has 2 aromatic rings. The van der Waals surface area contributed by atoms with Crippen LogP contribution in [0.25, 0.3) is 0 Å². The van der Waals surface area contributed by atoms with Crippen molar-refractivity contribution in [3.8, 4) is 6.07 Å². The number of benzene rings is 2. The number of nitrogens with one attached hydrogen (secondary N) is 1.